The number of carbonyl (C=O) groups excluding carboxylic acids is 3. The Kier molecular flexibility index (Phi) is 4.67. The molecule has 0 aliphatic carbocycles. The summed E-state index contributed by atoms with van der Waals surface area (Å²) in [6.45, 7) is 1.28. The fourth-order valence-corrected chi connectivity index (χ4v) is 5.69. The van der Waals surface area contributed by atoms with Crippen LogP contribution in [0, 0.1) is 0 Å². The first kappa shape index (κ1) is 18.8. The Hall–Kier alpha value is -2.25. The van der Waals surface area contributed by atoms with Gasteiger partial charge in [-0.05, 0) is 49.3 Å². The number of imide groups is 1. The lowest BCUT2D eigenvalue weighted by atomic mass is 9.82. The summed E-state index contributed by atoms with van der Waals surface area (Å²) in [5.41, 5.74) is 9.06. The average molecular weight is 396 g/mol. The standard InChI is InChI=1S/C22H28N4O3/c23-15-9-16-2-1-3-17(10-15)25(16)11-13-4-5-14-12-26(22(29)18(14)8-13)19-6-7-20(27)24-21(19)28/h4-5,8,15-17,19H,1-3,6-7,9-12,23H2,(H,24,27,28). The smallest absolute Gasteiger partial charge is 0.255 e. The molecule has 5 rings (SSSR count). The van der Waals surface area contributed by atoms with Gasteiger partial charge in [0.15, 0.2) is 0 Å². The molecule has 7 heteroatoms. The number of hydrogen-bond acceptors (Lipinski definition) is 5. The van der Waals surface area contributed by atoms with Crippen LogP contribution >= 0.6 is 0 Å². The number of piperidine rings is 3. The van der Waals surface area contributed by atoms with Gasteiger partial charge in [0.05, 0.1) is 0 Å². The summed E-state index contributed by atoms with van der Waals surface area (Å²) in [5, 5.41) is 2.36. The predicted molar refractivity (Wildman–Crippen MR) is 107 cm³/mol. The normalized spacial score (nSPS) is 32.3. The van der Waals surface area contributed by atoms with Crippen molar-refractivity contribution in [2.75, 3.05) is 0 Å². The minimum absolute atomic E-state index is 0.0998. The first-order valence-electron chi connectivity index (χ1n) is 10.8. The fraction of sp³-hybridized carbons (Fsp3) is 0.591. The van der Waals surface area contributed by atoms with E-state index < -0.39 is 6.04 Å². The number of fused-ring (bicyclic) bond motifs is 3. The lowest BCUT2D eigenvalue weighted by Crippen LogP contribution is -2.54. The van der Waals surface area contributed by atoms with Gasteiger partial charge in [-0.25, -0.2) is 0 Å². The van der Waals surface area contributed by atoms with Crippen molar-refractivity contribution in [3.63, 3.8) is 0 Å². The van der Waals surface area contributed by atoms with Gasteiger partial charge in [-0.2, -0.15) is 0 Å². The van der Waals surface area contributed by atoms with Crippen molar-refractivity contribution < 1.29 is 14.4 Å². The first-order valence-corrected chi connectivity index (χ1v) is 10.8. The molecular weight excluding hydrogens is 368 g/mol. The average Bonchev–Trinajstić information content (AvgIpc) is 2.99. The first-order chi connectivity index (χ1) is 14.0. The molecule has 3 saturated heterocycles. The molecule has 154 valence electrons. The lowest BCUT2D eigenvalue weighted by molar-refractivity contribution is -0.136. The van der Waals surface area contributed by atoms with E-state index in [2.05, 4.69) is 16.3 Å². The van der Waals surface area contributed by atoms with Gasteiger partial charge in [-0.3, -0.25) is 24.6 Å². The van der Waals surface area contributed by atoms with E-state index >= 15 is 0 Å². The van der Waals surface area contributed by atoms with Crippen molar-refractivity contribution in [3.8, 4) is 0 Å². The van der Waals surface area contributed by atoms with Gasteiger partial charge in [0.25, 0.3) is 5.91 Å². The van der Waals surface area contributed by atoms with Crippen molar-refractivity contribution >= 4 is 17.7 Å². The molecule has 3 N–H and O–H groups in total. The molecule has 29 heavy (non-hydrogen) atoms. The van der Waals surface area contributed by atoms with E-state index in [0.717, 1.165) is 30.5 Å². The third-order valence-corrected chi connectivity index (χ3v) is 7.12. The fourth-order valence-electron chi connectivity index (χ4n) is 5.69. The highest BCUT2D eigenvalue weighted by Crippen LogP contribution is 2.35. The van der Waals surface area contributed by atoms with Crippen LogP contribution in [-0.2, 0) is 22.7 Å². The van der Waals surface area contributed by atoms with Crippen LogP contribution in [0.1, 0.15) is 66.4 Å². The Balaban J connectivity index is 1.33. The highest BCUT2D eigenvalue weighted by molar-refractivity contribution is 6.05. The summed E-state index contributed by atoms with van der Waals surface area (Å²) in [7, 11) is 0. The summed E-state index contributed by atoms with van der Waals surface area (Å²) in [6.07, 6.45) is 6.49. The van der Waals surface area contributed by atoms with Crippen molar-refractivity contribution in [1.82, 2.24) is 15.1 Å². The highest BCUT2D eigenvalue weighted by atomic mass is 16.2. The second-order valence-electron chi connectivity index (χ2n) is 9.03. The number of rotatable bonds is 3. The van der Waals surface area contributed by atoms with Crippen LogP contribution in [0.3, 0.4) is 0 Å². The van der Waals surface area contributed by atoms with Crippen molar-refractivity contribution in [2.24, 2.45) is 5.73 Å². The van der Waals surface area contributed by atoms with Gasteiger partial charge in [0.1, 0.15) is 6.04 Å². The minimum atomic E-state index is -0.556. The quantitative estimate of drug-likeness (QED) is 0.751. The maximum absolute atomic E-state index is 13.0. The predicted octanol–water partition coefficient (Wildman–Crippen LogP) is 1.29. The molecular formula is C22H28N4O3. The van der Waals surface area contributed by atoms with Crippen molar-refractivity contribution in [1.29, 1.82) is 0 Å². The molecule has 4 aliphatic heterocycles. The van der Waals surface area contributed by atoms with Gasteiger partial charge in [0.2, 0.25) is 11.8 Å². The van der Waals surface area contributed by atoms with E-state index in [4.69, 9.17) is 5.73 Å². The number of benzene rings is 1. The maximum atomic E-state index is 13.0. The van der Waals surface area contributed by atoms with Gasteiger partial charge >= 0.3 is 0 Å². The van der Waals surface area contributed by atoms with Gasteiger partial charge in [0, 0.05) is 43.2 Å². The third-order valence-electron chi connectivity index (χ3n) is 7.12. The largest absolute Gasteiger partial charge is 0.328 e. The van der Waals surface area contributed by atoms with Crippen LogP contribution in [0.2, 0.25) is 0 Å². The minimum Gasteiger partial charge on any atom is -0.328 e. The molecule has 0 aromatic heterocycles. The van der Waals surface area contributed by atoms with Crippen LogP contribution in [0.25, 0.3) is 0 Å². The van der Waals surface area contributed by atoms with Crippen LogP contribution in [0.4, 0.5) is 0 Å². The molecule has 3 atom stereocenters. The van der Waals surface area contributed by atoms with E-state index in [1.807, 2.05) is 12.1 Å². The number of nitrogens with one attached hydrogen (secondary N) is 1. The Bertz CT molecular complexity index is 856. The third kappa shape index (κ3) is 3.36. The van der Waals surface area contributed by atoms with Crippen LogP contribution < -0.4 is 11.1 Å². The molecule has 7 nitrogen and oxygen atoms in total. The summed E-state index contributed by atoms with van der Waals surface area (Å²) < 4.78 is 0. The van der Waals surface area contributed by atoms with Crippen LogP contribution in [0.5, 0.6) is 0 Å². The summed E-state index contributed by atoms with van der Waals surface area (Å²) in [6, 6.07) is 6.99. The molecule has 3 unspecified atom stereocenters. The zero-order valence-corrected chi connectivity index (χ0v) is 16.6. The lowest BCUT2D eigenvalue weighted by Gasteiger charge is -2.48. The van der Waals surface area contributed by atoms with E-state index in [-0.39, 0.29) is 24.1 Å². The second kappa shape index (κ2) is 7.22. The molecule has 0 spiro atoms. The number of carbonyl (C=O) groups is 3. The second-order valence-corrected chi connectivity index (χ2v) is 9.03. The molecule has 2 bridgehead atoms. The monoisotopic (exact) mass is 396 g/mol. The van der Waals surface area contributed by atoms with E-state index in [0.29, 0.717) is 36.7 Å². The SMILES string of the molecule is NC1CC2CCCC(C1)N2Cc1ccc2c(c1)C(=O)N(C1CCC(=O)NC1=O)C2. The van der Waals surface area contributed by atoms with Crippen LogP contribution in [-0.4, -0.2) is 51.7 Å². The molecule has 4 heterocycles. The Labute approximate surface area is 170 Å². The summed E-state index contributed by atoms with van der Waals surface area (Å²) in [5.74, 6) is -0.721. The molecule has 0 saturated carbocycles. The highest BCUT2D eigenvalue weighted by Gasteiger charge is 2.40. The van der Waals surface area contributed by atoms with Crippen molar-refractivity contribution in [3.05, 3.63) is 34.9 Å². The maximum Gasteiger partial charge on any atom is 0.255 e. The number of hydrogen-bond donors (Lipinski definition) is 2. The van der Waals surface area contributed by atoms with Crippen molar-refractivity contribution in [2.45, 2.75) is 82.2 Å². The van der Waals surface area contributed by atoms with Gasteiger partial charge in [-0.15, -0.1) is 0 Å². The van der Waals surface area contributed by atoms with E-state index in [1.54, 1.807) is 4.90 Å². The Morgan fingerprint density at radius 1 is 1.07 bits per heavy atom. The number of nitrogens with two attached hydrogens (primary N) is 1. The molecule has 3 fully saturated rings. The Morgan fingerprint density at radius 2 is 1.83 bits per heavy atom. The zero-order chi connectivity index (χ0) is 20.1. The molecule has 4 aliphatic rings. The van der Waals surface area contributed by atoms with E-state index in [9.17, 15) is 14.4 Å². The van der Waals surface area contributed by atoms with E-state index in [1.165, 1.54) is 19.3 Å². The van der Waals surface area contributed by atoms with Gasteiger partial charge in [-0.1, -0.05) is 18.6 Å². The Morgan fingerprint density at radius 3 is 2.55 bits per heavy atom. The zero-order valence-electron chi connectivity index (χ0n) is 16.6. The molecule has 3 amide bonds. The molecule has 1 aromatic carbocycles. The molecule has 1 aromatic rings. The number of nitrogens with zero attached hydrogens (tertiary/aromatic N) is 2. The molecule has 0 radical (unpaired) electrons. The topological polar surface area (TPSA) is 95.7 Å². The van der Waals surface area contributed by atoms with Crippen LogP contribution in [0.15, 0.2) is 18.2 Å². The summed E-state index contributed by atoms with van der Waals surface area (Å²) >= 11 is 0. The number of amides is 3. The van der Waals surface area contributed by atoms with Gasteiger partial charge < -0.3 is 10.6 Å². The summed E-state index contributed by atoms with van der Waals surface area (Å²) in [4.78, 5) is 40.9.